The summed E-state index contributed by atoms with van der Waals surface area (Å²) in [6.07, 6.45) is 14.3. The molecule has 0 aliphatic carbocycles. The number of amidine groups is 1. The number of amides is 1. The van der Waals surface area contributed by atoms with Crippen molar-refractivity contribution in [3.8, 4) is 0 Å². The number of nitrogens with two attached hydrogens (primary N) is 1. The predicted octanol–water partition coefficient (Wildman–Crippen LogP) is 7.16. The molecule has 3 N–H and O–H groups in total. The van der Waals surface area contributed by atoms with Crippen LogP contribution in [0.1, 0.15) is 108 Å². The largest absolute Gasteiger partial charge is 0.478 e. The van der Waals surface area contributed by atoms with E-state index in [9.17, 15) is 19.2 Å². The zero-order chi connectivity index (χ0) is 33.1. The second kappa shape index (κ2) is 38.8. The molecular formula is C32H58N2O7. The molecule has 9 nitrogen and oxygen atoms in total. The van der Waals surface area contributed by atoms with Crippen molar-refractivity contribution in [1.29, 1.82) is 0 Å². The van der Waals surface area contributed by atoms with Crippen LogP contribution in [-0.2, 0) is 28.7 Å². The summed E-state index contributed by atoms with van der Waals surface area (Å²) in [5, 5.41) is 8.62. The van der Waals surface area contributed by atoms with Crippen LogP contribution >= 0.6 is 0 Å². The van der Waals surface area contributed by atoms with E-state index in [-0.39, 0.29) is 29.0 Å². The van der Waals surface area contributed by atoms with E-state index in [1.54, 1.807) is 25.2 Å². The highest BCUT2D eigenvalue weighted by Crippen LogP contribution is 2.18. The summed E-state index contributed by atoms with van der Waals surface area (Å²) >= 11 is 0. The number of aliphatic imine (C=N–C) groups is 1. The molecule has 1 amide bonds. The zero-order valence-electron chi connectivity index (χ0n) is 27.3. The van der Waals surface area contributed by atoms with Crippen LogP contribution in [0.3, 0.4) is 0 Å². The molecule has 1 fully saturated rings. The molecular weight excluding hydrogens is 524 g/mol. The van der Waals surface area contributed by atoms with Crippen LogP contribution in [0.4, 0.5) is 0 Å². The van der Waals surface area contributed by atoms with Gasteiger partial charge in [-0.2, -0.15) is 4.99 Å². The molecule has 1 aliphatic heterocycles. The lowest BCUT2D eigenvalue weighted by atomic mass is 10.1. The van der Waals surface area contributed by atoms with Crippen molar-refractivity contribution in [3.63, 3.8) is 0 Å². The van der Waals surface area contributed by atoms with E-state index in [2.05, 4.69) is 44.0 Å². The Labute approximate surface area is 249 Å². The highest BCUT2D eigenvalue weighted by molar-refractivity contribution is 6.00. The Kier molecular flexibility index (Phi) is 44.9. The van der Waals surface area contributed by atoms with Crippen LogP contribution in [0.2, 0.25) is 0 Å². The lowest BCUT2D eigenvalue weighted by Crippen LogP contribution is -2.15. The number of carbonyl (C=O) groups excluding carboxylic acids is 3. The van der Waals surface area contributed by atoms with Crippen LogP contribution in [0.5, 0.6) is 0 Å². The van der Waals surface area contributed by atoms with E-state index in [1.165, 1.54) is 25.0 Å². The molecule has 238 valence electrons. The first-order valence-corrected chi connectivity index (χ1v) is 14.4. The van der Waals surface area contributed by atoms with Crippen molar-refractivity contribution in [3.05, 3.63) is 48.1 Å². The Morgan fingerprint density at radius 1 is 1.02 bits per heavy atom. The zero-order valence-corrected chi connectivity index (χ0v) is 27.3. The van der Waals surface area contributed by atoms with Gasteiger partial charge in [0.2, 0.25) is 5.91 Å². The topological polar surface area (TPSA) is 145 Å². The number of hydrogen-bond donors (Lipinski definition) is 2. The second-order valence-electron chi connectivity index (χ2n) is 8.17. The smallest absolute Gasteiger partial charge is 0.336 e. The number of aliphatic carboxylic acids is 1. The van der Waals surface area contributed by atoms with Gasteiger partial charge in [0.1, 0.15) is 12.4 Å². The average molecular weight is 583 g/mol. The minimum Gasteiger partial charge on any atom is -0.478 e. The van der Waals surface area contributed by atoms with Gasteiger partial charge in [-0.1, -0.05) is 92.2 Å². The number of nitrogens with zero attached hydrogens (tertiary/aromatic N) is 1. The normalized spacial score (nSPS) is 15.8. The standard InChI is InChI=1S/C9H10O3.C8H14N2O.C7H12O3.2C3H8.C2H6/c1-3-5-8(9(11)12)7(4-2)6-10;1-3-5-7(9)10-8(11)6-4-2;1-6-2-3-7(10-6)4-9-5-8;2*1-3-2;1-2/h3-6H,2H2,1H3,(H,11,12);3,5H,4,6H2,1-2H3,(H2,9,10,11);5-7H,2-4H2,1H3;2*3H2,1-2H3;1-2H3/b5-3-,8-7-;5-3-;;;;. The lowest BCUT2D eigenvalue weighted by molar-refractivity contribution is -0.133. The maximum absolute atomic E-state index is 10.8. The fourth-order valence-electron chi connectivity index (χ4n) is 2.46. The first-order chi connectivity index (χ1) is 19.5. The molecule has 9 heteroatoms. The van der Waals surface area contributed by atoms with E-state index < -0.39 is 5.97 Å². The molecule has 0 radical (unpaired) electrons. The van der Waals surface area contributed by atoms with Crippen molar-refractivity contribution in [1.82, 2.24) is 0 Å². The molecule has 0 aromatic rings. The summed E-state index contributed by atoms with van der Waals surface area (Å²) in [6, 6.07) is 0. The second-order valence-corrected chi connectivity index (χ2v) is 8.17. The summed E-state index contributed by atoms with van der Waals surface area (Å²) in [5.74, 6) is -0.996. The Balaban J connectivity index is -0.000000140. The summed E-state index contributed by atoms with van der Waals surface area (Å²) in [7, 11) is 0. The highest BCUT2D eigenvalue weighted by Gasteiger charge is 2.21. The molecule has 1 rings (SSSR count). The van der Waals surface area contributed by atoms with Crippen LogP contribution in [0.15, 0.2) is 53.1 Å². The van der Waals surface area contributed by atoms with Gasteiger partial charge in [0.05, 0.1) is 17.8 Å². The van der Waals surface area contributed by atoms with Gasteiger partial charge < -0.3 is 20.3 Å². The quantitative estimate of drug-likeness (QED) is 0.0907. The molecule has 1 aliphatic rings. The first kappa shape index (κ1) is 47.5. The number of carboxylic acid groups (broad SMARTS) is 1. The van der Waals surface area contributed by atoms with Gasteiger partial charge in [-0.3, -0.25) is 14.4 Å². The molecule has 0 bridgehead atoms. The Morgan fingerprint density at radius 2 is 1.54 bits per heavy atom. The highest BCUT2D eigenvalue weighted by atomic mass is 16.6. The van der Waals surface area contributed by atoms with Crippen molar-refractivity contribution >= 4 is 30.5 Å². The number of aldehydes is 1. The van der Waals surface area contributed by atoms with Gasteiger partial charge in [0.25, 0.3) is 6.47 Å². The predicted molar refractivity (Wildman–Crippen MR) is 171 cm³/mol. The van der Waals surface area contributed by atoms with Crippen molar-refractivity contribution < 1.29 is 33.8 Å². The number of rotatable bonds is 10. The molecule has 0 aromatic carbocycles. The maximum atomic E-state index is 10.8. The molecule has 0 saturated carbocycles. The van der Waals surface area contributed by atoms with Crippen LogP contribution in [0.25, 0.3) is 0 Å². The van der Waals surface area contributed by atoms with Crippen LogP contribution < -0.4 is 5.73 Å². The molecule has 2 unspecified atom stereocenters. The van der Waals surface area contributed by atoms with Gasteiger partial charge in [-0.05, 0) is 46.1 Å². The third-order valence-electron chi connectivity index (χ3n) is 3.95. The number of carbonyl (C=O) groups is 4. The Morgan fingerprint density at radius 3 is 1.85 bits per heavy atom. The molecule has 2 atom stereocenters. The SMILES string of the molecule is C/C=C\C(N)=NC(=O)CCC.C=C/C(C=O)=C(\C=C/C)C(=O)O.CC.CC1CCC(COC=O)O1.CCC.CCC. The average Bonchev–Trinajstić information content (AvgIpc) is 3.35. The van der Waals surface area contributed by atoms with E-state index >= 15 is 0 Å². The van der Waals surface area contributed by atoms with Gasteiger partial charge in [-0.15, -0.1) is 0 Å². The third kappa shape index (κ3) is 36.7. The molecule has 0 aromatic heterocycles. The molecule has 0 spiro atoms. The van der Waals surface area contributed by atoms with Gasteiger partial charge >= 0.3 is 5.97 Å². The maximum Gasteiger partial charge on any atom is 0.336 e. The van der Waals surface area contributed by atoms with Crippen LogP contribution in [0, 0.1) is 0 Å². The van der Waals surface area contributed by atoms with E-state index in [4.69, 9.17) is 15.6 Å². The Hall–Kier alpha value is -3.33. The summed E-state index contributed by atoms with van der Waals surface area (Å²) < 4.78 is 9.94. The molecule has 1 saturated heterocycles. The van der Waals surface area contributed by atoms with Crippen molar-refractivity contribution in [2.24, 2.45) is 10.7 Å². The van der Waals surface area contributed by atoms with E-state index in [0.29, 0.717) is 31.9 Å². The number of carboxylic acids is 1. The fraction of sp³-hybridized carbons (Fsp3) is 0.594. The lowest BCUT2D eigenvalue weighted by Gasteiger charge is -2.08. The van der Waals surface area contributed by atoms with Crippen LogP contribution in [-0.4, -0.2) is 54.4 Å². The number of allylic oxidation sites excluding steroid dienone is 4. The number of ether oxygens (including phenoxy) is 2. The third-order valence-corrected chi connectivity index (χ3v) is 3.95. The summed E-state index contributed by atoms with van der Waals surface area (Å²) in [4.78, 5) is 45.1. The van der Waals surface area contributed by atoms with Crippen molar-refractivity contribution in [2.45, 2.75) is 120 Å². The van der Waals surface area contributed by atoms with Gasteiger partial charge in [-0.25, -0.2) is 4.79 Å². The monoisotopic (exact) mass is 582 g/mol. The van der Waals surface area contributed by atoms with Gasteiger partial charge in [0, 0.05) is 12.0 Å². The molecule has 41 heavy (non-hydrogen) atoms. The fourth-order valence-corrected chi connectivity index (χ4v) is 2.46. The van der Waals surface area contributed by atoms with Crippen molar-refractivity contribution in [2.75, 3.05) is 6.61 Å². The minimum absolute atomic E-state index is 0.0394. The first-order valence-electron chi connectivity index (χ1n) is 14.4. The minimum atomic E-state index is -1.13. The van der Waals surface area contributed by atoms with Gasteiger partial charge in [0.15, 0.2) is 6.29 Å². The number of hydrogen-bond acceptors (Lipinski definition) is 6. The molecule has 1 heterocycles. The van der Waals surface area contributed by atoms with E-state index in [1.807, 2.05) is 34.6 Å². The summed E-state index contributed by atoms with van der Waals surface area (Å²) in [6.45, 7) is 24.2. The Bertz CT molecular complexity index is 773. The van der Waals surface area contributed by atoms with E-state index in [0.717, 1.165) is 19.3 Å². The summed E-state index contributed by atoms with van der Waals surface area (Å²) in [5.41, 5.74) is 5.40.